The van der Waals surface area contributed by atoms with E-state index in [0.29, 0.717) is 5.92 Å². The molecule has 13 heavy (non-hydrogen) atoms. The van der Waals surface area contributed by atoms with Crippen LogP contribution < -0.4 is 5.32 Å². The van der Waals surface area contributed by atoms with Gasteiger partial charge in [-0.05, 0) is 43.1 Å². The van der Waals surface area contributed by atoms with Gasteiger partial charge in [-0.1, -0.05) is 17.7 Å². The van der Waals surface area contributed by atoms with E-state index in [1.807, 2.05) is 6.07 Å². The molecule has 1 nitrogen and oxygen atoms in total. The Morgan fingerprint density at radius 1 is 1.46 bits per heavy atom. The summed E-state index contributed by atoms with van der Waals surface area (Å²) in [6.45, 7) is 2.09. The van der Waals surface area contributed by atoms with Crippen LogP contribution in [0.1, 0.15) is 5.56 Å². The van der Waals surface area contributed by atoms with Crippen molar-refractivity contribution in [3.8, 4) is 0 Å². The van der Waals surface area contributed by atoms with Crippen molar-refractivity contribution < 1.29 is 4.39 Å². The van der Waals surface area contributed by atoms with E-state index < -0.39 is 0 Å². The first-order valence-corrected chi connectivity index (χ1v) is 4.78. The Bertz CT molecular complexity index is 310. The topological polar surface area (TPSA) is 12.0 Å². The third-order valence-corrected chi connectivity index (χ3v) is 2.68. The zero-order valence-corrected chi connectivity index (χ0v) is 7.94. The van der Waals surface area contributed by atoms with Crippen LogP contribution in [0.25, 0.3) is 0 Å². The van der Waals surface area contributed by atoms with E-state index >= 15 is 0 Å². The van der Waals surface area contributed by atoms with Gasteiger partial charge in [0.15, 0.2) is 0 Å². The fourth-order valence-electron chi connectivity index (χ4n) is 1.49. The van der Waals surface area contributed by atoms with Gasteiger partial charge in [-0.2, -0.15) is 0 Å². The van der Waals surface area contributed by atoms with Crippen LogP contribution in [0.3, 0.4) is 0 Å². The van der Waals surface area contributed by atoms with E-state index in [1.54, 1.807) is 6.07 Å². The zero-order valence-electron chi connectivity index (χ0n) is 7.19. The Hall–Kier alpha value is -0.600. The minimum Gasteiger partial charge on any atom is -0.316 e. The van der Waals surface area contributed by atoms with Gasteiger partial charge in [0.1, 0.15) is 5.82 Å². The van der Waals surface area contributed by atoms with Crippen molar-refractivity contribution in [3.63, 3.8) is 0 Å². The number of halogens is 2. The molecule has 1 N–H and O–H groups in total. The lowest BCUT2D eigenvalue weighted by Crippen LogP contribution is -2.43. The maximum absolute atomic E-state index is 13.0. The van der Waals surface area contributed by atoms with E-state index in [4.69, 9.17) is 11.6 Å². The van der Waals surface area contributed by atoms with Crippen LogP contribution >= 0.6 is 11.6 Å². The molecule has 0 bridgehead atoms. The highest BCUT2D eigenvalue weighted by atomic mass is 35.5. The maximum Gasteiger partial charge on any atom is 0.142 e. The molecule has 0 amide bonds. The zero-order chi connectivity index (χ0) is 9.26. The number of nitrogens with one attached hydrogen (secondary N) is 1. The maximum atomic E-state index is 13.0. The van der Waals surface area contributed by atoms with Gasteiger partial charge >= 0.3 is 0 Å². The van der Waals surface area contributed by atoms with Crippen LogP contribution in [0.5, 0.6) is 0 Å². The van der Waals surface area contributed by atoms with E-state index in [2.05, 4.69) is 5.32 Å². The van der Waals surface area contributed by atoms with Gasteiger partial charge in [-0.25, -0.2) is 4.39 Å². The van der Waals surface area contributed by atoms with Crippen molar-refractivity contribution in [1.29, 1.82) is 0 Å². The van der Waals surface area contributed by atoms with Gasteiger partial charge in [-0.15, -0.1) is 0 Å². The number of hydrogen-bond acceptors (Lipinski definition) is 1. The third-order valence-electron chi connectivity index (χ3n) is 2.37. The molecule has 1 saturated heterocycles. The molecule has 0 spiro atoms. The second-order valence-corrected chi connectivity index (χ2v) is 3.88. The van der Waals surface area contributed by atoms with Crippen LogP contribution in [0.4, 0.5) is 4.39 Å². The van der Waals surface area contributed by atoms with Crippen molar-refractivity contribution in [1.82, 2.24) is 5.32 Å². The molecule has 0 saturated carbocycles. The molecule has 2 rings (SSSR count). The molecular formula is C10H11ClFN. The quantitative estimate of drug-likeness (QED) is 0.771. The highest BCUT2D eigenvalue weighted by Crippen LogP contribution is 2.18. The fraction of sp³-hybridized carbons (Fsp3) is 0.400. The molecule has 0 atom stereocenters. The average Bonchev–Trinajstić information content (AvgIpc) is 2.04. The summed E-state index contributed by atoms with van der Waals surface area (Å²) in [6, 6.07) is 5.04. The summed E-state index contributed by atoms with van der Waals surface area (Å²) in [5.41, 5.74) is 1.04. The Labute approximate surface area is 81.9 Å². The largest absolute Gasteiger partial charge is 0.316 e. The summed E-state index contributed by atoms with van der Waals surface area (Å²) in [6.07, 6.45) is 0.946. The Kier molecular flexibility index (Phi) is 2.51. The smallest absolute Gasteiger partial charge is 0.142 e. The van der Waals surface area contributed by atoms with Crippen molar-refractivity contribution in [2.75, 3.05) is 13.1 Å². The van der Waals surface area contributed by atoms with E-state index in [9.17, 15) is 4.39 Å². The summed E-state index contributed by atoms with van der Waals surface area (Å²) in [4.78, 5) is 0. The summed E-state index contributed by atoms with van der Waals surface area (Å²) in [5, 5.41) is 3.39. The molecule has 1 aromatic rings. The van der Waals surface area contributed by atoms with E-state index in [1.165, 1.54) is 6.07 Å². The fourth-order valence-corrected chi connectivity index (χ4v) is 1.61. The molecule has 1 aliphatic heterocycles. The lowest BCUT2D eigenvalue weighted by molar-refractivity contribution is 0.346. The summed E-state index contributed by atoms with van der Waals surface area (Å²) in [7, 11) is 0. The summed E-state index contributed by atoms with van der Waals surface area (Å²) < 4.78 is 13.0. The van der Waals surface area contributed by atoms with Gasteiger partial charge in [0.2, 0.25) is 0 Å². The first kappa shape index (κ1) is 8.97. The molecule has 0 unspecified atom stereocenters. The Morgan fingerprint density at radius 3 is 2.77 bits per heavy atom. The number of rotatable bonds is 2. The predicted octanol–water partition coefficient (Wildman–Crippen LogP) is 2.24. The van der Waals surface area contributed by atoms with Crippen molar-refractivity contribution in [2.45, 2.75) is 6.42 Å². The first-order chi connectivity index (χ1) is 6.25. The predicted molar refractivity (Wildman–Crippen MR) is 51.5 cm³/mol. The number of benzene rings is 1. The lowest BCUT2D eigenvalue weighted by Gasteiger charge is -2.27. The lowest BCUT2D eigenvalue weighted by atomic mass is 9.94. The van der Waals surface area contributed by atoms with Crippen LogP contribution in [0.2, 0.25) is 5.02 Å². The molecule has 0 aliphatic carbocycles. The third kappa shape index (κ3) is 2.01. The van der Waals surface area contributed by atoms with Gasteiger partial charge in [0, 0.05) is 0 Å². The van der Waals surface area contributed by atoms with Gasteiger partial charge < -0.3 is 5.32 Å². The molecule has 1 aliphatic rings. The molecular weight excluding hydrogens is 189 g/mol. The average molecular weight is 200 g/mol. The molecule has 1 fully saturated rings. The summed E-state index contributed by atoms with van der Waals surface area (Å²) in [5.74, 6) is 0.354. The molecule has 3 heteroatoms. The monoisotopic (exact) mass is 199 g/mol. The Morgan fingerprint density at radius 2 is 2.23 bits per heavy atom. The van der Waals surface area contributed by atoms with Crippen LogP contribution in [-0.2, 0) is 6.42 Å². The van der Waals surface area contributed by atoms with Crippen LogP contribution in [0.15, 0.2) is 18.2 Å². The van der Waals surface area contributed by atoms with Crippen LogP contribution in [0, 0.1) is 11.7 Å². The van der Waals surface area contributed by atoms with Gasteiger partial charge in [0.05, 0.1) is 5.02 Å². The van der Waals surface area contributed by atoms with Crippen LogP contribution in [-0.4, -0.2) is 13.1 Å². The first-order valence-electron chi connectivity index (χ1n) is 4.40. The number of hydrogen-bond donors (Lipinski definition) is 1. The highest BCUT2D eigenvalue weighted by Gasteiger charge is 2.17. The minimum atomic E-state index is -0.313. The Balaban J connectivity index is 2.07. The van der Waals surface area contributed by atoms with Crippen molar-refractivity contribution >= 4 is 11.6 Å². The van der Waals surface area contributed by atoms with Gasteiger partial charge in [-0.3, -0.25) is 0 Å². The second kappa shape index (κ2) is 3.64. The van der Waals surface area contributed by atoms with Crippen molar-refractivity contribution in [3.05, 3.63) is 34.6 Å². The highest BCUT2D eigenvalue weighted by molar-refractivity contribution is 6.30. The van der Waals surface area contributed by atoms with E-state index in [-0.39, 0.29) is 10.8 Å². The minimum absolute atomic E-state index is 0.204. The molecule has 70 valence electrons. The molecule has 1 aromatic carbocycles. The molecule has 0 aromatic heterocycles. The molecule has 0 radical (unpaired) electrons. The standard InChI is InChI=1S/C10H11ClFN/c11-9-2-1-7(4-10(9)12)3-8-5-13-6-8/h1-2,4,8,13H,3,5-6H2. The van der Waals surface area contributed by atoms with Gasteiger partial charge in [0.25, 0.3) is 0 Å². The summed E-state index contributed by atoms with van der Waals surface area (Å²) >= 11 is 5.58. The molecule has 1 heterocycles. The SMILES string of the molecule is Fc1cc(CC2CNC2)ccc1Cl. The second-order valence-electron chi connectivity index (χ2n) is 3.48. The van der Waals surface area contributed by atoms with Crippen molar-refractivity contribution in [2.24, 2.45) is 5.92 Å². The van der Waals surface area contributed by atoms with E-state index in [0.717, 1.165) is 25.1 Å². The normalized spacial score (nSPS) is 17.1.